The van der Waals surface area contributed by atoms with E-state index in [-0.39, 0.29) is 11.5 Å². The van der Waals surface area contributed by atoms with Crippen molar-refractivity contribution < 1.29 is 4.79 Å². The highest BCUT2D eigenvalue weighted by Gasteiger charge is 2.25. The Balaban J connectivity index is 1.84. The quantitative estimate of drug-likeness (QED) is 0.510. The monoisotopic (exact) mass is 393 g/mol. The van der Waals surface area contributed by atoms with Crippen molar-refractivity contribution in [2.75, 3.05) is 5.32 Å². The molecular formula is C25H19N3O2. The maximum atomic E-state index is 13.5. The summed E-state index contributed by atoms with van der Waals surface area (Å²) in [5.74, 6) is 0.224. The number of hydrogen-bond donors (Lipinski definition) is 1. The molecule has 1 amide bonds. The molecule has 1 aliphatic rings. The van der Waals surface area contributed by atoms with Gasteiger partial charge in [0.05, 0.1) is 22.2 Å². The molecular weight excluding hydrogens is 374 g/mol. The number of nitrogens with one attached hydrogen (secondary N) is 1. The second-order valence-corrected chi connectivity index (χ2v) is 7.48. The van der Waals surface area contributed by atoms with Gasteiger partial charge in [-0.15, -0.1) is 0 Å². The van der Waals surface area contributed by atoms with E-state index in [2.05, 4.69) is 5.32 Å². The van der Waals surface area contributed by atoms with Crippen molar-refractivity contribution in [1.82, 2.24) is 9.55 Å². The van der Waals surface area contributed by atoms with Crippen molar-refractivity contribution in [3.8, 4) is 5.69 Å². The summed E-state index contributed by atoms with van der Waals surface area (Å²) in [7, 11) is 0. The first-order valence-corrected chi connectivity index (χ1v) is 9.75. The van der Waals surface area contributed by atoms with E-state index in [1.54, 1.807) is 16.7 Å². The first-order chi connectivity index (χ1) is 14.5. The molecule has 1 aromatic heterocycles. The van der Waals surface area contributed by atoms with Gasteiger partial charge in [0.1, 0.15) is 5.82 Å². The molecule has 0 aliphatic carbocycles. The maximum Gasteiger partial charge on any atom is 0.266 e. The Morgan fingerprint density at radius 3 is 2.53 bits per heavy atom. The summed E-state index contributed by atoms with van der Waals surface area (Å²) in [6, 6.07) is 20.8. The number of fused-ring (bicyclic) bond motifs is 2. The van der Waals surface area contributed by atoms with Gasteiger partial charge in [-0.1, -0.05) is 42.0 Å². The van der Waals surface area contributed by atoms with Crippen LogP contribution in [0.1, 0.15) is 22.5 Å². The van der Waals surface area contributed by atoms with E-state index in [9.17, 15) is 9.59 Å². The molecule has 0 bridgehead atoms. The third-order valence-corrected chi connectivity index (χ3v) is 5.39. The van der Waals surface area contributed by atoms with Crippen LogP contribution in [0, 0.1) is 13.8 Å². The number of rotatable bonds is 2. The second kappa shape index (κ2) is 6.81. The lowest BCUT2D eigenvalue weighted by atomic mass is 10.0. The van der Waals surface area contributed by atoms with Gasteiger partial charge in [0.25, 0.3) is 11.5 Å². The molecule has 2 heterocycles. The third-order valence-electron chi connectivity index (χ3n) is 5.39. The Bertz CT molecular complexity index is 1430. The minimum absolute atomic E-state index is 0.162. The smallest absolute Gasteiger partial charge is 0.266 e. The highest BCUT2D eigenvalue weighted by atomic mass is 16.2. The molecule has 146 valence electrons. The highest BCUT2D eigenvalue weighted by molar-refractivity contribution is 6.34. The summed E-state index contributed by atoms with van der Waals surface area (Å²) in [6.45, 7) is 3.94. The topological polar surface area (TPSA) is 64.0 Å². The second-order valence-electron chi connectivity index (χ2n) is 7.48. The minimum atomic E-state index is -0.200. The molecule has 1 aliphatic heterocycles. The highest BCUT2D eigenvalue weighted by Crippen LogP contribution is 2.33. The number of aromatic nitrogens is 2. The fourth-order valence-corrected chi connectivity index (χ4v) is 3.87. The Morgan fingerprint density at radius 2 is 1.70 bits per heavy atom. The van der Waals surface area contributed by atoms with E-state index in [1.165, 1.54) is 0 Å². The number of carbonyl (C=O) groups excluding carboxylic acids is 1. The predicted octanol–water partition coefficient (Wildman–Crippen LogP) is 4.50. The Labute approximate surface area is 173 Å². The van der Waals surface area contributed by atoms with Gasteiger partial charge in [-0.25, -0.2) is 4.98 Å². The molecule has 3 aromatic carbocycles. The molecule has 1 N–H and O–H groups in total. The lowest BCUT2D eigenvalue weighted by Gasteiger charge is -2.14. The first-order valence-electron chi connectivity index (χ1n) is 9.75. The van der Waals surface area contributed by atoms with E-state index in [4.69, 9.17) is 4.98 Å². The number of carbonyl (C=O) groups is 1. The molecule has 0 saturated heterocycles. The van der Waals surface area contributed by atoms with Crippen LogP contribution in [0.2, 0.25) is 0 Å². The predicted molar refractivity (Wildman–Crippen MR) is 120 cm³/mol. The summed E-state index contributed by atoms with van der Waals surface area (Å²) in [4.78, 5) is 30.9. The van der Waals surface area contributed by atoms with Crippen LogP contribution in [-0.2, 0) is 4.79 Å². The molecule has 0 unspecified atom stereocenters. The molecule has 5 heteroatoms. The van der Waals surface area contributed by atoms with Gasteiger partial charge < -0.3 is 5.32 Å². The van der Waals surface area contributed by atoms with Crippen LogP contribution in [0.3, 0.4) is 0 Å². The molecule has 4 aromatic rings. The summed E-state index contributed by atoms with van der Waals surface area (Å²) in [5, 5.41) is 3.43. The number of para-hydroxylation sites is 2. The third kappa shape index (κ3) is 2.83. The molecule has 5 rings (SSSR count). The van der Waals surface area contributed by atoms with Crippen LogP contribution in [0.25, 0.3) is 28.2 Å². The van der Waals surface area contributed by atoms with Crippen molar-refractivity contribution in [3.63, 3.8) is 0 Å². The molecule has 0 saturated carbocycles. The molecule has 5 nitrogen and oxygen atoms in total. The van der Waals surface area contributed by atoms with Crippen molar-refractivity contribution in [3.05, 3.63) is 99.6 Å². The van der Waals surface area contributed by atoms with Gasteiger partial charge >= 0.3 is 0 Å². The zero-order valence-electron chi connectivity index (χ0n) is 16.6. The van der Waals surface area contributed by atoms with Gasteiger partial charge in [0, 0.05) is 11.3 Å². The average Bonchev–Trinajstić information content (AvgIpc) is 3.04. The normalized spacial score (nSPS) is 14.2. The Morgan fingerprint density at radius 1 is 0.933 bits per heavy atom. The molecule has 0 radical (unpaired) electrons. The molecule has 30 heavy (non-hydrogen) atoms. The largest absolute Gasteiger partial charge is 0.321 e. The number of benzene rings is 3. The zero-order valence-corrected chi connectivity index (χ0v) is 16.6. The maximum absolute atomic E-state index is 13.5. The van der Waals surface area contributed by atoms with E-state index >= 15 is 0 Å². The van der Waals surface area contributed by atoms with Gasteiger partial charge in [-0.05, 0) is 55.8 Å². The van der Waals surface area contributed by atoms with Crippen molar-refractivity contribution in [2.45, 2.75) is 13.8 Å². The molecule has 0 fully saturated rings. The number of hydrogen-bond acceptors (Lipinski definition) is 3. The van der Waals surface area contributed by atoms with E-state index in [0.717, 1.165) is 28.1 Å². The fraction of sp³-hybridized carbons (Fsp3) is 0.0800. The number of nitrogens with zero attached hydrogens (tertiary/aromatic N) is 2. The summed E-state index contributed by atoms with van der Waals surface area (Å²) < 4.78 is 1.59. The lowest BCUT2D eigenvalue weighted by Crippen LogP contribution is -2.23. The Hall–Kier alpha value is -3.99. The number of amides is 1. The van der Waals surface area contributed by atoms with E-state index in [0.29, 0.717) is 22.3 Å². The van der Waals surface area contributed by atoms with Crippen molar-refractivity contribution in [1.29, 1.82) is 0 Å². The number of aryl methyl sites for hydroxylation is 2. The van der Waals surface area contributed by atoms with Crippen LogP contribution < -0.4 is 10.9 Å². The molecule has 0 spiro atoms. The summed E-state index contributed by atoms with van der Waals surface area (Å²) in [5.41, 5.74) is 5.27. The van der Waals surface area contributed by atoms with Crippen LogP contribution >= 0.6 is 0 Å². The lowest BCUT2D eigenvalue weighted by molar-refractivity contribution is -0.110. The minimum Gasteiger partial charge on any atom is -0.321 e. The van der Waals surface area contributed by atoms with Crippen LogP contribution in [0.5, 0.6) is 0 Å². The molecule has 0 atom stereocenters. The summed E-state index contributed by atoms with van der Waals surface area (Å²) in [6.07, 6.45) is 1.71. The van der Waals surface area contributed by atoms with Gasteiger partial charge in [-0.3, -0.25) is 14.2 Å². The van der Waals surface area contributed by atoms with Crippen LogP contribution in [-0.4, -0.2) is 15.5 Å². The van der Waals surface area contributed by atoms with Gasteiger partial charge in [0.2, 0.25) is 0 Å². The van der Waals surface area contributed by atoms with Crippen LogP contribution in [0.4, 0.5) is 5.69 Å². The van der Waals surface area contributed by atoms with Gasteiger partial charge in [0.15, 0.2) is 0 Å². The van der Waals surface area contributed by atoms with Gasteiger partial charge in [-0.2, -0.15) is 0 Å². The zero-order chi connectivity index (χ0) is 20.8. The summed E-state index contributed by atoms with van der Waals surface area (Å²) >= 11 is 0. The SMILES string of the molecule is Cc1ccc2c(c1)/C(=C/c1nc3ccccc3c(=O)n1-c1ccccc1C)C(=O)N2. The van der Waals surface area contributed by atoms with Crippen molar-refractivity contribution >= 4 is 34.1 Å². The standard InChI is InChI=1S/C25H19N3O2/c1-15-11-12-21-18(13-15)19(24(29)27-21)14-23-26-20-9-5-4-8-17(20)25(30)28(23)22-10-6-3-7-16(22)2/h3-14H,1-2H3,(H,27,29)/b19-14-. The van der Waals surface area contributed by atoms with Crippen molar-refractivity contribution in [2.24, 2.45) is 0 Å². The number of anilines is 1. The fourth-order valence-electron chi connectivity index (χ4n) is 3.87. The Kier molecular flexibility index (Phi) is 4.10. The first kappa shape index (κ1) is 18.1. The van der Waals surface area contributed by atoms with Crippen LogP contribution in [0.15, 0.2) is 71.5 Å². The van der Waals surface area contributed by atoms with E-state index < -0.39 is 0 Å². The average molecular weight is 393 g/mol. The van der Waals surface area contributed by atoms with E-state index in [1.807, 2.05) is 74.5 Å².